The summed E-state index contributed by atoms with van der Waals surface area (Å²) < 4.78 is 1.84. The summed E-state index contributed by atoms with van der Waals surface area (Å²) in [6.07, 6.45) is 1.86. The topological polar surface area (TPSA) is 67.5 Å². The van der Waals surface area contributed by atoms with Crippen LogP contribution in [0.1, 0.15) is 15.9 Å². The van der Waals surface area contributed by atoms with Gasteiger partial charge in [-0.1, -0.05) is 18.2 Å². The number of aryl methyl sites for hydroxylation is 1. The van der Waals surface area contributed by atoms with E-state index >= 15 is 0 Å². The molecule has 1 N–H and O–H groups in total. The van der Waals surface area contributed by atoms with Crippen molar-refractivity contribution in [3.8, 4) is 0 Å². The second-order valence-corrected chi connectivity index (χ2v) is 5.25. The summed E-state index contributed by atoms with van der Waals surface area (Å²) in [5, 5.41) is 18.1. The molecule has 0 aliphatic heterocycles. The molecule has 20 heavy (non-hydrogen) atoms. The molecule has 0 saturated carbocycles. The first-order valence-electron chi connectivity index (χ1n) is 5.97. The normalized spacial score (nSPS) is 10.8. The predicted octanol–water partition coefficient (Wildman–Crippen LogP) is 2.89. The minimum Gasteiger partial charge on any atom is -0.478 e. The fourth-order valence-electron chi connectivity index (χ4n) is 1.94. The highest BCUT2D eigenvalue weighted by Gasteiger charge is 2.16. The van der Waals surface area contributed by atoms with Crippen molar-refractivity contribution in [3.05, 3.63) is 53.7 Å². The van der Waals surface area contributed by atoms with Crippen LogP contribution >= 0.6 is 11.8 Å². The zero-order valence-corrected chi connectivity index (χ0v) is 11.5. The van der Waals surface area contributed by atoms with Crippen molar-refractivity contribution in [1.29, 1.82) is 0 Å². The largest absolute Gasteiger partial charge is 0.478 e. The van der Waals surface area contributed by atoms with Crippen LogP contribution in [0.3, 0.4) is 0 Å². The third kappa shape index (κ3) is 2.14. The van der Waals surface area contributed by atoms with Crippen LogP contribution in [0.25, 0.3) is 5.65 Å². The molecule has 5 nitrogen and oxygen atoms in total. The van der Waals surface area contributed by atoms with Crippen molar-refractivity contribution in [1.82, 2.24) is 14.6 Å². The second kappa shape index (κ2) is 4.97. The van der Waals surface area contributed by atoms with E-state index in [2.05, 4.69) is 10.2 Å². The second-order valence-electron chi connectivity index (χ2n) is 4.27. The summed E-state index contributed by atoms with van der Waals surface area (Å²) in [4.78, 5) is 12.0. The van der Waals surface area contributed by atoms with E-state index in [1.54, 1.807) is 12.1 Å². The number of pyridine rings is 1. The predicted molar refractivity (Wildman–Crippen MR) is 75.2 cm³/mol. The molecule has 0 radical (unpaired) electrons. The highest BCUT2D eigenvalue weighted by molar-refractivity contribution is 7.99. The molecule has 3 aromatic rings. The lowest BCUT2D eigenvalue weighted by atomic mass is 10.1. The number of hydrogen-bond acceptors (Lipinski definition) is 4. The average Bonchev–Trinajstić information content (AvgIpc) is 2.84. The summed E-state index contributed by atoms with van der Waals surface area (Å²) in [6, 6.07) is 10.8. The molecule has 0 bridgehead atoms. The number of carboxylic acid groups (broad SMARTS) is 1. The van der Waals surface area contributed by atoms with E-state index in [1.165, 1.54) is 11.8 Å². The van der Waals surface area contributed by atoms with Gasteiger partial charge in [-0.2, -0.15) is 0 Å². The zero-order chi connectivity index (χ0) is 14.1. The van der Waals surface area contributed by atoms with E-state index in [1.807, 2.05) is 41.8 Å². The molecular formula is C14H11N3O2S. The molecule has 0 atom stereocenters. The number of fused-ring (bicyclic) bond motifs is 1. The Hall–Kier alpha value is -2.34. The summed E-state index contributed by atoms with van der Waals surface area (Å²) in [5.74, 6) is -0.940. The van der Waals surface area contributed by atoms with Crippen LogP contribution in [0.4, 0.5) is 0 Å². The molecule has 2 heterocycles. The van der Waals surface area contributed by atoms with Crippen molar-refractivity contribution in [2.75, 3.05) is 0 Å². The van der Waals surface area contributed by atoms with E-state index in [0.717, 1.165) is 11.2 Å². The lowest BCUT2D eigenvalue weighted by Crippen LogP contribution is -2.00. The third-order valence-corrected chi connectivity index (χ3v) is 4.13. The van der Waals surface area contributed by atoms with Crippen LogP contribution in [0.2, 0.25) is 0 Å². The number of aromatic carboxylic acids is 1. The first-order chi connectivity index (χ1) is 9.66. The first kappa shape index (κ1) is 12.7. The Labute approximate surface area is 119 Å². The van der Waals surface area contributed by atoms with Gasteiger partial charge in [0, 0.05) is 11.1 Å². The Bertz CT molecular complexity index is 798. The third-order valence-electron chi connectivity index (χ3n) is 2.92. The monoisotopic (exact) mass is 285 g/mol. The number of rotatable bonds is 3. The highest BCUT2D eigenvalue weighted by Crippen LogP contribution is 2.32. The minimum atomic E-state index is -0.940. The SMILES string of the molecule is Cc1cccc(C(=O)O)c1Sc1nnc2ccccn12. The molecular weight excluding hydrogens is 274 g/mol. The first-order valence-corrected chi connectivity index (χ1v) is 6.79. The van der Waals surface area contributed by atoms with Crippen LogP contribution in [-0.4, -0.2) is 25.7 Å². The van der Waals surface area contributed by atoms with Crippen LogP contribution in [0, 0.1) is 6.92 Å². The van der Waals surface area contributed by atoms with Gasteiger partial charge in [-0.15, -0.1) is 10.2 Å². The van der Waals surface area contributed by atoms with Crippen LogP contribution < -0.4 is 0 Å². The van der Waals surface area contributed by atoms with E-state index in [4.69, 9.17) is 0 Å². The molecule has 3 rings (SSSR count). The van der Waals surface area contributed by atoms with E-state index in [0.29, 0.717) is 10.1 Å². The Kier molecular flexibility index (Phi) is 3.15. The quantitative estimate of drug-likeness (QED) is 0.801. The van der Waals surface area contributed by atoms with Gasteiger partial charge in [0.15, 0.2) is 10.8 Å². The van der Waals surface area contributed by atoms with Crippen molar-refractivity contribution < 1.29 is 9.90 Å². The van der Waals surface area contributed by atoms with Crippen molar-refractivity contribution in [2.45, 2.75) is 17.0 Å². The molecule has 0 aliphatic carbocycles. The van der Waals surface area contributed by atoms with Gasteiger partial charge in [-0.3, -0.25) is 4.40 Å². The summed E-state index contributed by atoms with van der Waals surface area (Å²) in [7, 11) is 0. The summed E-state index contributed by atoms with van der Waals surface area (Å²) in [5.41, 5.74) is 1.92. The van der Waals surface area contributed by atoms with Gasteiger partial charge in [0.1, 0.15) is 0 Å². The van der Waals surface area contributed by atoms with Gasteiger partial charge in [0.05, 0.1) is 5.56 Å². The van der Waals surface area contributed by atoms with E-state index in [-0.39, 0.29) is 5.56 Å². The van der Waals surface area contributed by atoms with Gasteiger partial charge in [-0.25, -0.2) is 4.79 Å². The van der Waals surface area contributed by atoms with Crippen LogP contribution in [-0.2, 0) is 0 Å². The lowest BCUT2D eigenvalue weighted by molar-refractivity contribution is 0.0693. The average molecular weight is 285 g/mol. The van der Waals surface area contributed by atoms with Crippen LogP contribution in [0.15, 0.2) is 52.6 Å². The number of nitrogens with zero attached hydrogens (tertiary/aromatic N) is 3. The van der Waals surface area contributed by atoms with Crippen molar-refractivity contribution in [2.24, 2.45) is 0 Å². The molecule has 0 amide bonds. The molecule has 2 aromatic heterocycles. The molecule has 0 saturated heterocycles. The zero-order valence-electron chi connectivity index (χ0n) is 10.6. The van der Waals surface area contributed by atoms with E-state index in [9.17, 15) is 9.90 Å². The van der Waals surface area contributed by atoms with Gasteiger partial charge >= 0.3 is 5.97 Å². The Balaban J connectivity index is 2.10. The Morgan fingerprint density at radius 3 is 2.85 bits per heavy atom. The van der Waals surface area contributed by atoms with E-state index < -0.39 is 5.97 Å². The minimum absolute atomic E-state index is 0.280. The van der Waals surface area contributed by atoms with Gasteiger partial charge in [0.2, 0.25) is 0 Å². The summed E-state index contributed by atoms with van der Waals surface area (Å²) >= 11 is 1.31. The molecule has 6 heteroatoms. The highest BCUT2D eigenvalue weighted by atomic mass is 32.2. The molecule has 0 fully saturated rings. The Morgan fingerprint density at radius 2 is 2.05 bits per heavy atom. The van der Waals surface area contributed by atoms with Gasteiger partial charge in [-0.05, 0) is 42.4 Å². The fourth-order valence-corrected chi connectivity index (χ4v) is 2.95. The lowest BCUT2D eigenvalue weighted by Gasteiger charge is -2.07. The molecule has 0 aliphatic rings. The number of aromatic nitrogens is 3. The smallest absolute Gasteiger partial charge is 0.336 e. The summed E-state index contributed by atoms with van der Waals surface area (Å²) in [6.45, 7) is 1.89. The molecule has 0 unspecified atom stereocenters. The Morgan fingerprint density at radius 1 is 1.20 bits per heavy atom. The number of hydrogen-bond donors (Lipinski definition) is 1. The van der Waals surface area contributed by atoms with Crippen molar-refractivity contribution >= 4 is 23.4 Å². The molecule has 0 spiro atoms. The van der Waals surface area contributed by atoms with Gasteiger partial charge in [0.25, 0.3) is 0 Å². The van der Waals surface area contributed by atoms with Crippen molar-refractivity contribution in [3.63, 3.8) is 0 Å². The van der Waals surface area contributed by atoms with Crippen LogP contribution in [0.5, 0.6) is 0 Å². The maximum Gasteiger partial charge on any atom is 0.336 e. The number of carbonyl (C=O) groups is 1. The number of carboxylic acids is 1. The standard InChI is InChI=1S/C14H11N3O2S/c1-9-5-4-6-10(13(18)19)12(9)20-14-16-15-11-7-2-3-8-17(11)14/h2-8H,1H3,(H,18,19). The molecule has 1 aromatic carbocycles. The molecule has 100 valence electrons. The fraction of sp³-hybridized carbons (Fsp3) is 0.0714. The maximum absolute atomic E-state index is 11.3. The number of benzene rings is 1. The maximum atomic E-state index is 11.3. The van der Waals surface area contributed by atoms with Gasteiger partial charge < -0.3 is 5.11 Å².